The standard InChI is InChI=1S/C24H20ClNO7S/c1-31-20-9-4-6-15(22(20)32-2)13-26(34(3,29)30)24(28)14-10-11-19-17(12-14)21(27)16-7-5-8-18(25)23(16)33-19/h4-12H,13H2,1-3H3. The molecular weight excluding hydrogens is 482 g/mol. The molecule has 0 aliphatic heterocycles. The normalized spacial score (nSPS) is 11.5. The van der Waals surface area contributed by atoms with Gasteiger partial charge in [-0.05, 0) is 36.4 Å². The van der Waals surface area contributed by atoms with E-state index in [1.165, 1.54) is 32.4 Å². The number of carbonyl (C=O) groups is 1. The Bertz CT molecular complexity index is 1590. The van der Waals surface area contributed by atoms with Crippen molar-refractivity contribution in [3.05, 3.63) is 81.0 Å². The molecule has 0 N–H and O–H groups in total. The molecule has 1 heterocycles. The summed E-state index contributed by atoms with van der Waals surface area (Å²) in [4.78, 5) is 26.4. The predicted molar refractivity (Wildman–Crippen MR) is 129 cm³/mol. The fourth-order valence-corrected chi connectivity index (χ4v) is 4.69. The van der Waals surface area contributed by atoms with Gasteiger partial charge in [0.1, 0.15) is 5.58 Å². The van der Waals surface area contributed by atoms with E-state index in [0.29, 0.717) is 21.4 Å². The van der Waals surface area contributed by atoms with Crippen molar-refractivity contribution in [1.82, 2.24) is 4.31 Å². The van der Waals surface area contributed by atoms with Gasteiger partial charge in [0.05, 0.1) is 42.8 Å². The van der Waals surface area contributed by atoms with E-state index >= 15 is 0 Å². The highest BCUT2D eigenvalue weighted by molar-refractivity contribution is 7.88. The molecule has 0 spiro atoms. The number of methoxy groups -OCH3 is 2. The van der Waals surface area contributed by atoms with E-state index in [1.807, 2.05) is 0 Å². The van der Waals surface area contributed by atoms with Crippen molar-refractivity contribution >= 4 is 49.5 Å². The smallest absolute Gasteiger partial charge is 0.267 e. The molecular formula is C24H20ClNO7S. The van der Waals surface area contributed by atoms with E-state index < -0.39 is 15.9 Å². The average Bonchev–Trinajstić information content (AvgIpc) is 2.81. The van der Waals surface area contributed by atoms with Crippen LogP contribution in [0.5, 0.6) is 11.5 Å². The van der Waals surface area contributed by atoms with Gasteiger partial charge < -0.3 is 13.9 Å². The van der Waals surface area contributed by atoms with Gasteiger partial charge in [0.15, 0.2) is 17.1 Å². The van der Waals surface area contributed by atoms with E-state index in [-0.39, 0.29) is 44.5 Å². The molecule has 10 heteroatoms. The Morgan fingerprint density at radius 1 is 1.03 bits per heavy atom. The third kappa shape index (κ3) is 4.20. The Balaban J connectivity index is 1.82. The number of rotatable bonds is 6. The van der Waals surface area contributed by atoms with Crippen molar-refractivity contribution in [3.63, 3.8) is 0 Å². The van der Waals surface area contributed by atoms with Crippen LogP contribution in [0.25, 0.3) is 21.9 Å². The second-order valence-electron chi connectivity index (χ2n) is 7.49. The summed E-state index contributed by atoms with van der Waals surface area (Å²) in [6.07, 6.45) is 0.933. The molecule has 0 unspecified atom stereocenters. The van der Waals surface area contributed by atoms with Crippen LogP contribution in [0.15, 0.2) is 63.8 Å². The first-order valence-electron chi connectivity index (χ1n) is 10.0. The predicted octanol–water partition coefficient (Wildman–Crippen LogP) is 4.22. The summed E-state index contributed by atoms with van der Waals surface area (Å²) in [6.45, 7) is -0.294. The fourth-order valence-electron chi connectivity index (χ4n) is 3.69. The van der Waals surface area contributed by atoms with E-state index in [2.05, 4.69) is 0 Å². The molecule has 0 fully saturated rings. The van der Waals surface area contributed by atoms with Crippen molar-refractivity contribution in [2.75, 3.05) is 20.5 Å². The van der Waals surface area contributed by atoms with Crippen LogP contribution in [0, 0.1) is 0 Å². The molecule has 0 radical (unpaired) electrons. The minimum Gasteiger partial charge on any atom is -0.493 e. The summed E-state index contributed by atoms with van der Waals surface area (Å²) < 4.78 is 42.3. The topological polar surface area (TPSA) is 103 Å². The third-order valence-electron chi connectivity index (χ3n) is 5.32. The van der Waals surface area contributed by atoms with E-state index in [9.17, 15) is 18.0 Å². The number of hydrogen-bond acceptors (Lipinski definition) is 7. The molecule has 1 aromatic heterocycles. The minimum atomic E-state index is -3.99. The van der Waals surface area contributed by atoms with Crippen molar-refractivity contribution in [3.8, 4) is 11.5 Å². The molecule has 0 saturated heterocycles. The lowest BCUT2D eigenvalue weighted by Crippen LogP contribution is -2.35. The van der Waals surface area contributed by atoms with Crippen molar-refractivity contribution < 1.29 is 27.1 Å². The number of halogens is 1. The average molecular weight is 502 g/mol. The van der Waals surface area contributed by atoms with E-state index in [4.69, 9.17) is 25.5 Å². The fraction of sp³-hybridized carbons (Fsp3) is 0.167. The number of carbonyl (C=O) groups excluding carboxylic acids is 1. The number of hydrogen-bond donors (Lipinski definition) is 0. The highest BCUT2D eigenvalue weighted by atomic mass is 35.5. The molecule has 1 amide bonds. The summed E-state index contributed by atoms with van der Waals surface area (Å²) in [5.74, 6) is -0.0939. The van der Waals surface area contributed by atoms with Crippen LogP contribution in [0.1, 0.15) is 15.9 Å². The maximum Gasteiger partial charge on any atom is 0.267 e. The van der Waals surface area contributed by atoms with Crippen molar-refractivity contribution in [2.24, 2.45) is 0 Å². The summed E-state index contributed by atoms with van der Waals surface area (Å²) in [7, 11) is -1.11. The number of ether oxygens (including phenoxy) is 2. The molecule has 0 aliphatic carbocycles. The summed E-state index contributed by atoms with van der Waals surface area (Å²) in [6, 6.07) is 13.9. The molecule has 3 aromatic carbocycles. The Hall–Kier alpha value is -3.56. The summed E-state index contributed by atoms with van der Waals surface area (Å²) in [5, 5.41) is 0.672. The molecule has 8 nitrogen and oxygen atoms in total. The van der Waals surface area contributed by atoms with Gasteiger partial charge in [-0.3, -0.25) is 9.59 Å². The third-order valence-corrected chi connectivity index (χ3v) is 6.71. The summed E-state index contributed by atoms with van der Waals surface area (Å²) in [5.41, 5.74) is 0.523. The van der Waals surface area contributed by atoms with Crippen LogP contribution in [-0.2, 0) is 16.6 Å². The molecule has 0 atom stereocenters. The first-order valence-corrected chi connectivity index (χ1v) is 12.3. The maximum absolute atomic E-state index is 13.3. The molecule has 0 bridgehead atoms. The zero-order valence-electron chi connectivity index (χ0n) is 18.5. The van der Waals surface area contributed by atoms with Crippen LogP contribution < -0.4 is 14.9 Å². The highest BCUT2D eigenvalue weighted by Crippen LogP contribution is 2.32. The lowest BCUT2D eigenvalue weighted by Gasteiger charge is -2.22. The van der Waals surface area contributed by atoms with Gasteiger partial charge in [-0.25, -0.2) is 12.7 Å². The number of benzene rings is 3. The van der Waals surface area contributed by atoms with Crippen LogP contribution >= 0.6 is 11.6 Å². The Morgan fingerprint density at radius 2 is 1.76 bits per heavy atom. The molecule has 0 saturated carbocycles. The van der Waals surface area contributed by atoms with Gasteiger partial charge in [0, 0.05) is 11.1 Å². The van der Waals surface area contributed by atoms with Gasteiger partial charge >= 0.3 is 0 Å². The highest BCUT2D eigenvalue weighted by Gasteiger charge is 2.27. The molecule has 4 aromatic rings. The van der Waals surface area contributed by atoms with Crippen LogP contribution in [0.4, 0.5) is 0 Å². The summed E-state index contributed by atoms with van der Waals surface area (Å²) >= 11 is 6.15. The zero-order valence-corrected chi connectivity index (χ0v) is 20.1. The molecule has 0 aliphatic rings. The second kappa shape index (κ2) is 9.00. The largest absolute Gasteiger partial charge is 0.493 e. The minimum absolute atomic E-state index is 0.00784. The van der Waals surface area contributed by atoms with Crippen LogP contribution in [-0.4, -0.2) is 39.1 Å². The van der Waals surface area contributed by atoms with Crippen LogP contribution in [0.3, 0.4) is 0 Å². The zero-order chi connectivity index (χ0) is 24.6. The molecule has 34 heavy (non-hydrogen) atoms. The number of nitrogens with zero attached hydrogens (tertiary/aromatic N) is 1. The molecule has 176 valence electrons. The first-order chi connectivity index (χ1) is 16.2. The number of sulfonamides is 1. The SMILES string of the molecule is COc1cccc(CN(C(=O)c2ccc3oc4c(Cl)cccc4c(=O)c3c2)S(C)(=O)=O)c1OC. The number of amides is 1. The van der Waals surface area contributed by atoms with Gasteiger partial charge in [-0.2, -0.15) is 0 Å². The molecule has 4 rings (SSSR count). The quantitative estimate of drug-likeness (QED) is 0.364. The van der Waals surface area contributed by atoms with E-state index in [0.717, 1.165) is 6.26 Å². The number of fused-ring (bicyclic) bond motifs is 2. The van der Waals surface area contributed by atoms with Crippen molar-refractivity contribution in [1.29, 1.82) is 0 Å². The first kappa shape index (κ1) is 23.6. The lowest BCUT2D eigenvalue weighted by molar-refractivity contribution is 0.0855. The van der Waals surface area contributed by atoms with Gasteiger partial charge in [0.2, 0.25) is 15.5 Å². The second-order valence-corrected chi connectivity index (χ2v) is 9.80. The van der Waals surface area contributed by atoms with Crippen molar-refractivity contribution in [2.45, 2.75) is 6.54 Å². The van der Waals surface area contributed by atoms with Crippen LogP contribution in [0.2, 0.25) is 5.02 Å². The monoisotopic (exact) mass is 501 g/mol. The maximum atomic E-state index is 13.3. The van der Waals surface area contributed by atoms with Gasteiger partial charge in [0.25, 0.3) is 5.91 Å². The lowest BCUT2D eigenvalue weighted by atomic mass is 10.1. The van der Waals surface area contributed by atoms with E-state index in [1.54, 1.807) is 36.4 Å². The van der Waals surface area contributed by atoms with Gasteiger partial charge in [-0.15, -0.1) is 0 Å². The van der Waals surface area contributed by atoms with Gasteiger partial charge in [-0.1, -0.05) is 29.8 Å². The Kier molecular flexibility index (Phi) is 6.24. The Labute approximate surface area is 200 Å². The number of para-hydroxylation sites is 2. The Morgan fingerprint density at radius 3 is 2.44 bits per heavy atom.